The van der Waals surface area contributed by atoms with E-state index in [2.05, 4.69) is 28.6 Å². The predicted octanol–water partition coefficient (Wildman–Crippen LogP) is 0.692. The van der Waals surface area contributed by atoms with Crippen molar-refractivity contribution >= 4 is 0 Å². The Balaban J connectivity index is 2.16. The van der Waals surface area contributed by atoms with Crippen molar-refractivity contribution in [1.82, 2.24) is 25.0 Å². The molecule has 1 unspecified atom stereocenters. The van der Waals surface area contributed by atoms with E-state index >= 15 is 0 Å². The van der Waals surface area contributed by atoms with Crippen molar-refractivity contribution in [2.24, 2.45) is 12.9 Å². The predicted molar refractivity (Wildman–Crippen MR) is 69.6 cm³/mol. The normalized spacial score (nSPS) is 12.9. The van der Waals surface area contributed by atoms with Gasteiger partial charge in [0.2, 0.25) is 0 Å². The molecule has 0 aliphatic heterocycles. The smallest absolute Gasteiger partial charge is 0.0670 e. The van der Waals surface area contributed by atoms with Gasteiger partial charge in [0, 0.05) is 19.8 Å². The minimum absolute atomic E-state index is 0.0470. The van der Waals surface area contributed by atoms with Crippen LogP contribution in [0.5, 0.6) is 0 Å². The number of aromatic nitrogens is 4. The highest BCUT2D eigenvalue weighted by Crippen LogP contribution is 2.17. The molecule has 0 saturated heterocycles. The number of nitrogens with two attached hydrogens (primary N) is 1. The molecule has 0 aliphatic carbocycles. The van der Waals surface area contributed by atoms with Crippen LogP contribution in [0.1, 0.15) is 29.9 Å². The molecule has 18 heavy (non-hydrogen) atoms. The summed E-state index contributed by atoms with van der Waals surface area (Å²) in [6.07, 6.45) is 4.74. The third kappa shape index (κ3) is 2.60. The van der Waals surface area contributed by atoms with Crippen LogP contribution in [-0.4, -0.2) is 19.6 Å². The van der Waals surface area contributed by atoms with E-state index in [1.54, 1.807) is 0 Å². The van der Waals surface area contributed by atoms with Gasteiger partial charge in [0.1, 0.15) is 0 Å². The highest BCUT2D eigenvalue weighted by molar-refractivity contribution is 5.17. The Bertz CT molecular complexity index is 512. The fraction of sp³-hybridized carbons (Fsp3) is 0.500. The molecular weight excluding hydrogens is 228 g/mol. The molecule has 1 atom stereocenters. The van der Waals surface area contributed by atoms with E-state index in [0.717, 1.165) is 24.4 Å². The molecule has 0 radical (unpaired) electrons. The van der Waals surface area contributed by atoms with Crippen molar-refractivity contribution in [1.29, 1.82) is 0 Å². The topological polar surface area (TPSA) is 73.7 Å². The standard InChI is InChI=1S/C12H20N6/c1-4-18-8-10(7-14-18)6-11(15-13)12-5-9(2)16-17(12)3/h5,7-8,11,15H,4,6,13H2,1-3H3. The van der Waals surface area contributed by atoms with Crippen LogP contribution in [0.3, 0.4) is 0 Å². The number of nitrogens with zero attached hydrogens (tertiary/aromatic N) is 4. The molecule has 6 heteroatoms. The summed E-state index contributed by atoms with van der Waals surface area (Å²) >= 11 is 0. The summed E-state index contributed by atoms with van der Waals surface area (Å²) in [6.45, 7) is 4.93. The van der Waals surface area contributed by atoms with Crippen molar-refractivity contribution in [3.8, 4) is 0 Å². The second-order valence-corrected chi connectivity index (χ2v) is 4.46. The van der Waals surface area contributed by atoms with Crippen LogP contribution in [-0.2, 0) is 20.0 Å². The van der Waals surface area contributed by atoms with Gasteiger partial charge in [0.05, 0.1) is 23.6 Å². The van der Waals surface area contributed by atoms with E-state index in [1.807, 2.05) is 35.7 Å². The Labute approximate surface area is 107 Å². The minimum atomic E-state index is 0.0470. The first-order valence-electron chi connectivity index (χ1n) is 6.12. The second kappa shape index (κ2) is 5.32. The van der Waals surface area contributed by atoms with Gasteiger partial charge in [0.25, 0.3) is 0 Å². The van der Waals surface area contributed by atoms with Gasteiger partial charge in [-0.25, -0.2) is 0 Å². The van der Waals surface area contributed by atoms with E-state index in [9.17, 15) is 0 Å². The second-order valence-electron chi connectivity index (χ2n) is 4.46. The molecule has 98 valence electrons. The van der Waals surface area contributed by atoms with Gasteiger partial charge < -0.3 is 0 Å². The van der Waals surface area contributed by atoms with Crippen LogP contribution in [0, 0.1) is 6.92 Å². The number of hydrazine groups is 1. The summed E-state index contributed by atoms with van der Waals surface area (Å²) in [5.74, 6) is 5.65. The van der Waals surface area contributed by atoms with Gasteiger partial charge in [-0.15, -0.1) is 0 Å². The SMILES string of the molecule is CCn1cc(CC(NN)c2cc(C)nn2C)cn1. The Morgan fingerprint density at radius 1 is 1.50 bits per heavy atom. The zero-order valence-electron chi connectivity index (χ0n) is 11.1. The molecule has 0 aromatic carbocycles. The Morgan fingerprint density at radius 2 is 2.28 bits per heavy atom. The van der Waals surface area contributed by atoms with E-state index in [1.165, 1.54) is 5.56 Å². The molecule has 0 saturated carbocycles. The van der Waals surface area contributed by atoms with E-state index in [0.29, 0.717) is 0 Å². The van der Waals surface area contributed by atoms with Gasteiger partial charge in [-0.3, -0.25) is 20.6 Å². The summed E-state index contributed by atoms with van der Waals surface area (Å²) in [5, 5.41) is 8.61. The highest BCUT2D eigenvalue weighted by Gasteiger charge is 2.16. The molecule has 0 aliphatic rings. The molecule has 2 aromatic heterocycles. The molecule has 0 bridgehead atoms. The molecule has 0 amide bonds. The zero-order valence-corrected chi connectivity index (χ0v) is 11.1. The summed E-state index contributed by atoms with van der Waals surface area (Å²) in [5.41, 5.74) is 6.10. The lowest BCUT2D eigenvalue weighted by Gasteiger charge is -2.15. The lowest BCUT2D eigenvalue weighted by atomic mass is 10.1. The number of rotatable bonds is 5. The molecule has 2 heterocycles. The van der Waals surface area contributed by atoms with Crippen molar-refractivity contribution in [3.05, 3.63) is 35.4 Å². The van der Waals surface area contributed by atoms with E-state index < -0.39 is 0 Å². The first-order valence-corrected chi connectivity index (χ1v) is 6.12. The number of hydrogen-bond acceptors (Lipinski definition) is 4. The van der Waals surface area contributed by atoms with Crippen LogP contribution < -0.4 is 11.3 Å². The largest absolute Gasteiger partial charge is 0.273 e. The van der Waals surface area contributed by atoms with Crippen LogP contribution in [0.15, 0.2) is 18.5 Å². The molecule has 2 rings (SSSR count). The molecule has 0 spiro atoms. The van der Waals surface area contributed by atoms with Gasteiger partial charge in [0.15, 0.2) is 0 Å². The third-order valence-electron chi connectivity index (χ3n) is 3.05. The van der Waals surface area contributed by atoms with E-state index in [-0.39, 0.29) is 6.04 Å². The maximum Gasteiger partial charge on any atom is 0.0670 e. The summed E-state index contributed by atoms with van der Waals surface area (Å²) in [4.78, 5) is 0. The summed E-state index contributed by atoms with van der Waals surface area (Å²) < 4.78 is 3.78. The van der Waals surface area contributed by atoms with E-state index in [4.69, 9.17) is 5.84 Å². The molecule has 3 N–H and O–H groups in total. The fourth-order valence-electron chi connectivity index (χ4n) is 2.13. The zero-order chi connectivity index (χ0) is 13.1. The fourth-order valence-corrected chi connectivity index (χ4v) is 2.13. The van der Waals surface area contributed by atoms with Crippen molar-refractivity contribution < 1.29 is 0 Å². The molecule has 6 nitrogen and oxygen atoms in total. The average Bonchev–Trinajstić information content (AvgIpc) is 2.92. The maximum atomic E-state index is 5.65. The van der Waals surface area contributed by atoms with Gasteiger partial charge in [-0.2, -0.15) is 10.2 Å². The molecule has 2 aromatic rings. The van der Waals surface area contributed by atoms with Crippen LogP contribution in [0.4, 0.5) is 0 Å². The number of hydrogen-bond donors (Lipinski definition) is 2. The number of aryl methyl sites for hydroxylation is 3. The first kappa shape index (κ1) is 12.8. The highest BCUT2D eigenvalue weighted by atomic mass is 15.3. The maximum absolute atomic E-state index is 5.65. The van der Waals surface area contributed by atoms with Gasteiger partial charge in [-0.05, 0) is 31.9 Å². The quantitative estimate of drug-likeness (QED) is 0.603. The Morgan fingerprint density at radius 3 is 2.78 bits per heavy atom. The molecule has 0 fully saturated rings. The van der Waals surface area contributed by atoms with Crippen LogP contribution >= 0.6 is 0 Å². The molecular formula is C12H20N6. The monoisotopic (exact) mass is 248 g/mol. The van der Waals surface area contributed by atoms with Crippen molar-refractivity contribution in [2.75, 3.05) is 0 Å². The first-order chi connectivity index (χ1) is 8.63. The average molecular weight is 248 g/mol. The van der Waals surface area contributed by atoms with Gasteiger partial charge >= 0.3 is 0 Å². The Kier molecular flexibility index (Phi) is 3.78. The number of nitrogens with one attached hydrogen (secondary N) is 1. The minimum Gasteiger partial charge on any atom is -0.273 e. The van der Waals surface area contributed by atoms with Gasteiger partial charge in [-0.1, -0.05) is 0 Å². The summed E-state index contributed by atoms with van der Waals surface area (Å²) in [6, 6.07) is 2.10. The van der Waals surface area contributed by atoms with Crippen LogP contribution in [0.2, 0.25) is 0 Å². The lowest BCUT2D eigenvalue weighted by Crippen LogP contribution is -2.31. The third-order valence-corrected chi connectivity index (χ3v) is 3.05. The Hall–Kier alpha value is -1.66. The lowest BCUT2D eigenvalue weighted by molar-refractivity contribution is 0.508. The summed E-state index contributed by atoms with van der Waals surface area (Å²) in [7, 11) is 1.93. The van der Waals surface area contributed by atoms with Crippen molar-refractivity contribution in [2.45, 2.75) is 32.9 Å². The van der Waals surface area contributed by atoms with Crippen molar-refractivity contribution in [3.63, 3.8) is 0 Å². The van der Waals surface area contributed by atoms with Crippen LogP contribution in [0.25, 0.3) is 0 Å².